The van der Waals surface area contributed by atoms with Gasteiger partial charge in [0.2, 0.25) is 5.91 Å². The Labute approximate surface area is 153 Å². The number of hydrogen-bond acceptors (Lipinski definition) is 4. The molecule has 0 heterocycles. The Kier molecular flexibility index (Phi) is 7.17. The number of aryl methyl sites for hydroxylation is 2. The van der Waals surface area contributed by atoms with Crippen LogP contribution in [0.5, 0.6) is 0 Å². The summed E-state index contributed by atoms with van der Waals surface area (Å²) in [5.74, 6) is -0.273. The molecule has 0 bridgehead atoms. The largest absolute Gasteiger partial charge is 0.383 e. The van der Waals surface area contributed by atoms with E-state index in [0.29, 0.717) is 18.7 Å². The summed E-state index contributed by atoms with van der Waals surface area (Å²) in [5.41, 5.74) is 4.24. The summed E-state index contributed by atoms with van der Waals surface area (Å²) in [5, 5.41) is 8.75. The molecule has 2 amide bonds. The van der Waals surface area contributed by atoms with Gasteiger partial charge in [0.05, 0.1) is 13.2 Å². The van der Waals surface area contributed by atoms with Gasteiger partial charge < -0.3 is 20.7 Å². The van der Waals surface area contributed by atoms with Crippen molar-refractivity contribution < 1.29 is 14.3 Å². The lowest BCUT2D eigenvalue weighted by Gasteiger charge is -2.12. The first-order valence-electron chi connectivity index (χ1n) is 8.48. The maximum absolute atomic E-state index is 12.2. The molecule has 138 valence electrons. The van der Waals surface area contributed by atoms with Crippen molar-refractivity contribution in [3.63, 3.8) is 0 Å². The summed E-state index contributed by atoms with van der Waals surface area (Å²) < 4.78 is 4.90. The Morgan fingerprint density at radius 2 is 1.65 bits per heavy atom. The van der Waals surface area contributed by atoms with Gasteiger partial charge in [-0.2, -0.15) is 0 Å². The second kappa shape index (κ2) is 9.58. The van der Waals surface area contributed by atoms with Crippen LogP contribution < -0.4 is 16.0 Å². The van der Waals surface area contributed by atoms with Gasteiger partial charge in [0.1, 0.15) is 0 Å². The smallest absolute Gasteiger partial charge is 0.251 e. The number of carbonyl (C=O) groups excluding carboxylic acids is 2. The van der Waals surface area contributed by atoms with Crippen LogP contribution in [0.2, 0.25) is 0 Å². The van der Waals surface area contributed by atoms with Crippen molar-refractivity contribution in [1.29, 1.82) is 0 Å². The standard InChI is InChI=1S/C20H25N3O3/c1-14-5-4-6-15(2)19(14)23-18(24)13-22-17-9-7-16(8-10-17)20(25)21-11-12-26-3/h4-10,22H,11-13H2,1-3H3,(H,21,25)(H,23,24). The van der Waals surface area contributed by atoms with E-state index in [1.807, 2.05) is 32.0 Å². The number of para-hydroxylation sites is 1. The third-order valence-corrected chi connectivity index (χ3v) is 3.94. The van der Waals surface area contributed by atoms with Crippen LogP contribution in [0.4, 0.5) is 11.4 Å². The minimum atomic E-state index is -0.152. The highest BCUT2D eigenvalue weighted by atomic mass is 16.5. The highest BCUT2D eigenvalue weighted by molar-refractivity contribution is 5.96. The topological polar surface area (TPSA) is 79.5 Å². The molecule has 0 fully saturated rings. The number of anilines is 2. The maximum Gasteiger partial charge on any atom is 0.251 e. The van der Waals surface area contributed by atoms with Crippen molar-refractivity contribution in [3.8, 4) is 0 Å². The van der Waals surface area contributed by atoms with Crippen molar-refractivity contribution >= 4 is 23.2 Å². The molecule has 0 aliphatic rings. The number of amides is 2. The minimum absolute atomic E-state index is 0.121. The molecule has 6 nitrogen and oxygen atoms in total. The predicted octanol–water partition coefficient (Wildman–Crippen LogP) is 2.73. The number of rotatable bonds is 8. The van der Waals surface area contributed by atoms with Crippen LogP contribution in [-0.4, -0.2) is 38.6 Å². The lowest BCUT2D eigenvalue weighted by Crippen LogP contribution is -2.27. The first kappa shape index (κ1) is 19.5. The SMILES string of the molecule is COCCNC(=O)c1ccc(NCC(=O)Nc2c(C)cccc2C)cc1. The van der Waals surface area contributed by atoms with Crippen molar-refractivity contribution in [2.24, 2.45) is 0 Å². The molecule has 6 heteroatoms. The molecule has 0 unspecified atom stereocenters. The van der Waals surface area contributed by atoms with Gasteiger partial charge in [-0.15, -0.1) is 0 Å². The number of methoxy groups -OCH3 is 1. The maximum atomic E-state index is 12.2. The Hall–Kier alpha value is -2.86. The molecule has 3 N–H and O–H groups in total. The summed E-state index contributed by atoms with van der Waals surface area (Å²) in [6.07, 6.45) is 0. The average Bonchev–Trinajstić information content (AvgIpc) is 2.64. The Balaban J connectivity index is 1.85. The van der Waals surface area contributed by atoms with Gasteiger partial charge in [-0.1, -0.05) is 18.2 Å². The average molecular weight is 355 g/mol. The first-order valence-corrected chi connectivity index (χ1v) is 8.48. The zero-order chi connectivity index (χ0) is 18.9. The van der Waals surface area contributed by atoms with Crippen LogP contribution in [-0.2, 0) is 9.53 Å². The lowest BCUT2D eigenvalue weighted by molar-refractivity contribution is -0.114. The van der Waals surface area contributed by atoms with E-state index in [-0.39, 0.29) is 18.4 Å². The minimum Gasteiger partial charge on any atom is -0.383 e. The fraction of sp³-hybridized carbons (Fsp3) is 0.300. The first-order chi connectivity index (χ1) is 12.5. The van der Waals surface area contributed by atoms with Crippen LogP contribution in [0.1, 0.15) is 21.5 Å². The molecule has 2 aromatic carbocycles. The van der Waals surface area contributed by atoms with Crippen molar-refractivity contribution in [2.75, 3.05) is 37.4 Å². The third kappa shape index (κ3) is 5.60. The van der Waals surface area contributed by atoms with E-state index in [2.05, 4.69) is 16.0 Å². The number of nitrogens with one attached hydrogen (secondary N) is 3. The number of benzene rings is 2. The van der Waals surface area contributed by atoms with Crippen molar-refractivity contribution in [2.45, 2.75) is 13.8 Å². The molecule has 0 saturated carbocycles. The number of carbonyl (C=O) groups is 2. The molecule has 26 heavy (non-hydrogen) atoms. The van der Waals surface area contributed by atoms with Gasteiger partial charge in [-0.3, -0.25) is 9.59 Å². The van der Waals surface area contributed by atoms with E-state index < -0.39 is 0 Å². The van der Waals surface area contributed by atoms with Gasteiger partial charge >= 0.3 is 0 Å². The lowest BCUT2D eigenvalue weighted by atomic mass is 10.1. The normalized spacial score (nSPS) is 10.3. The summed E-state index contributed by atoms with van der Waals surface area (Å²) in [4.78, 5) is 24.1. The predicted molar refractivity (Wildman–Crippen MR) is 104 cm³/mol. The van der Waals surface area contributed by atoms with E-state index in [1.165, 1.54) is 0 Å². The Morgan fingerprint density at radius 3 is 2.27 bits per heavy atom. The second-order valence-electron chi connectivity index (χ2n) is 5.99. The molecular formula is C20H25N3O3. The summed E-state index contributed by atoms with van der Waals surface area (Å²) in [7, 11) is 1.59. The fourth-order valence-corrected chi connectivity index (χ4v) is 2.49. The summed E-state index contributed by atoms with van der Waals surface area (Å²) in [6, 6.07) is 12.9. The van der Waals surface area contributed by atoms with E-state index >= 15 is 0 Å². The zero-order valence-corrected chi connectivity index (χ0v) is 15.4. The van der Waals surface area contributed by atoms with E-state index in [4.69, 9.17) is 4.74 Å². The highest BCUT2D eigenvalue weighted by Gasteiger charge is 2.08. The molecule has 0 aliphatic heterocycles. The van der Waals surface area contributed by atoms with Crippen LogP contribution >= 0.6 is 0 Å². The Morgan fingerprint density at radius 1 is 1.00 bits per heavy atom. The second-order valence-corrected chi connectivity index (χ2v) is 5.99. The molecule has 0 radical (unpaired) electrons. The van der Waals surface area contributed by atoms with Gasteiger partial charge in [-0.05, 0) is 49.2 Å². The monoisotopic (exact) mass is 355 g/mol. The van der Waals surface area contributed by atoms with Gasteiger partial charge in [0.15, 0.2) is 0 Å². The molecule has 2 aromatic rings. The molecule has 0 saturated heterocycles. The van der Waals surface area contributed by atoms with Crippen molar-refractivity contribution in [1.82, 2.24) is 5.32 Å². The quantitative estimate of drug-likeness (QED) is 0.636. The van der Waals surface area contributed by atoms with Crippen LogP contribution in [0, 0.1) is 13.8 Å². The van der Waals surface area contributed by atoms with Gasteiger partial charge in [-0.25, -0.2) is 0 Å². The van der Waals surface area contributed by atoms with Crippen LogP contribution in [0.3, 0.4) is 0 Å². The van der Waals surface area contributed by atoms with Crippen LogP contribution in [0.15, 0.2) is 42.5 Å². The zero-order valence-electron chi connectivity index (χ0n) is 15.4. The fourth-order valence-electron chi connectivity index (χ4n) is 2.49. The third-order valence-electron chi connectivity index (χ3n) is 3.94. The molecule has 0 atom stereocenters. The summed E-state index contributed by atoms with van der Waals surface area (Å²) in [6.45, 7) is 5.01. The number of ether oxygens (including phenoxy) is 1. The number of hydrogen-bond donors (Lipinski definition) is 3. The molecule has 0 aliphatic carbocycles. The van der Waals surface area contributed by atoms with E-state index in [0.717, 1.165) is 22.5 Å². The summed E-state index contributed by atoms with van der Waals surface area (Å²) >= 11 is 0. The van der Waals surface area contributed by atoms with E-state index in [9.17, 15) is 9.59 Å². The van der Waals surface area contributed by atoms with E-state index in [1.54, 1.807) is 31.4 Å². The van der Waals surface area contributed by atoms with Gasteiger partial charge in [0.25, 0.3) is 5.91 Å². The molecule has 0 aromatic heterocycles. The van der Waals surface area contributed by atoms with Crippen LogP contribution in [0.25, 0.3) is 0 Å². The molecule has 0 spiro atoms. The molecule has 2 rings (SSSR count). The Bertz CT molecular complexity index is 737. The molecular weight excluding hydrogens is 330 g/mol. The highest BCUT2D eigenvalue weighted by Crippen LogP contribution is 2.19. The van der Waals surface area contributed by atoms with Crippen molar-refractivity contribution in [3.05, 3.63) is 59.2 Å². The van der Waals surface area contributed by atoms with Gasteiger partial charge in [0, 0.05) is 30.6 Å².